The highest BCUT2D eigenvalue weighted by molar-refractivity contribution is 7.98. The molecule has 1 heterocycles. The van der Waals surface area contributed by atoms with Crippen LogP contribution in [-0.4, -0.2) is 62.0 Å². The lowest BCUT2D eigenvalue weighted by Crippen LogP contribution is -2.48. The minimum absolute atomic E-state index is 0.0835. The third-order valence-corrected chi connectivity index (χ3v) is 9.65. The van der Waals surface area contributed by atoms with Crippen LogP contribution < -0.4 is 5.32 Å². The average molecular weight is 558 g/mol. The zero-order valence-electron chi connectivity index (χ0n) is 20.9. The molecule has 0 aromatic heterocycles. The standard InChI is InChI=1S/C28H32ClN3O3S2/c1-22-6-12-26(13-7-22)37(34,35)32-17-15-31(16-18-32)20-23-8-10-24(11-9-23)28(33)30-14-19-36-21-25-4-2-3-5-27(25)29/h2-13H,14-21H2,1H3,(H,30,33). The highest BCUT2D eigenvalue weighted by Crippen LogP contribution is 2.21. The number of hydrogen-bond donors (Lipinski definition) is 1. The normalized spacial score (nSPS) is 15.0. The predicted molar refractivity (Wildman–Crippen MR) is 152 cm³/mol. The van der Waals surface area contributed by atoms with E-state index in [1.54, 1.807) is 28.2 Å². The van der Waals surface area contributed by atoms with Gasteiger partial charge in [-0.05, 0) is 48.4 Å². The van der Waals surface area contributed by atoms with Crippen molar-refractivity contribution in [2.75, 3.05) is 38.5 Å². The van der Waals surface area contributed by atoms with E-state index in [2.05, 4.69) is 10.2 Å². The Balaban J connectivity index is 1.19. The molecule has 37 heavy (non-hydrogen) atoms. The van der Waals surface area contributed by atoms with Gasteiger partial charge in [0.05, 0.1) is 4.90 Å². The summed E-state index contributed by atoms with van der Waals surface area (Å²) in [4.78, 5) is 15.1. The Morgan fingerprint density at radius 3 is 2.30 bits per heavy atom. The second kappa shape index (κ2) is 12.9. The van der Waals surface area contributed by atoms with Crippen molar-refractivity contribution in [3.8, 4) is 0 Å². The van der Waals surface area contributed by atoms with E-state index in [0.717, 1.165) is 39.8 Å². The molecule has 1 aliphatic heterocycles. The van der Waals surface area contributed by atoms with Gasteiger partial charge in [-0.1, -0.05) is 59.6 Å². The summed E-state index contributed by atoms with van der Waals surface area (Å²) in [6.45, 7) is 5.51. The smallest absolute Gasteiger partial charge is 0.251 e. The largest absolute Gasteiger partial charge is 0.351 e. The molecule has 0 radical (unpaired) electrons. The third-order valence-electron chi connectivity index (χ3n) is 6.36. The molecule has 0 unspecified atom stereocenters. The molecule has 196 valence electrons. The number of carbonyl (C=O) groups excluding carboxylic acids is 1. The average Bonchev–Trinajstić information content (AvgIpc) is 2.90. The fraction of sp³-hybridized carbons (Fsp3) is 0.321. The lowest BCUT2D eigenvalue weighted by molar-refractivity contribution is 0.0956. The summed E-state index contributed by atoms with van der Waals surface area (Å²) in [6, 6.07) is 22.4. The molecule has 1 saturated heterocycles. The Hall–Kier alpha value is -2.36. The Bertz CT molecular complexity index is 1290. The Morgan fingerprint density at radius 1 is 0.946 bits per heavy atom. The van der Waals surface area contributed by atoms with Crippen LogP contribution in [-0.2, 0) is 22.3 Å². The molecule has 1 fully saturated rings. The molecule has 0 bridgehead atoms. The number of sulfonamides is 1. The maximum absolute atomic E-state index is 12.9. The molecule has 1 N–H and O–H groups in total. The van der Waals surface area contributed by atoms with E-state index in [9.17, 15) is 13.2 Å². The zero-order chi connectivity index (χ0) is 26.3. The van der Waals surface area contributed by atoms with E-state index in [1.807, 2.05) is 67.6 Å². The quantitative estimate of drug-likeness (QED) is 0.362. The maximum atomic E-state index is 12.9. The first-order valence-corrected chi connectivity index (χ1v) is 15.3. The van der Waals surface area contributed by atoms with Gasteiger partial charge in [-0.3, -0.25) is 9.69 Å². The van der Waals surface area contributed by atoms with Crippen molar-refractivity contribution >= 4 is 39.3 Å². The number of amides is 1. The molecule has 0 saturated carbocycles. The van der Waals surface area contributed by atoms with E-state index in [4.69, 9.17) is 11.6 Å². The predicted octanol–water partition coefficient (Wildman–Crippen LogP) is 4.82. The minimum atomic E-state index is -3.46. The highest BCUT2D eigenvalue weighted by Gasteiger charge is 2.28. The topological polar surface area (TPSA) is 69.7 Å². The lowest BCUT2D eigenvalue weighted by Gasteiger charge is -2.34. The summed E-state index contributed by atoms with van der Waals surface area (Å²) >= 11 is 7.92. The molecule has 3 aromatic carbocycles. The molecule has 6 nitrogen and oxygen atoms in total. The molecule has 0 aliphatic carbocycles. The molecule has 1 aliphatic rings. The van der Waals surface area contributed by atoms with E-state index in [-0.39, 0.29) is 5.91 Å². The lowest BCUT2D eigenvalue weighted by atomic mass is 10.1. The molecular weight excluding hydrogens is 526 g/mol. The van der Waals surface area contributed by atoms with Crippen molar-refractivity contribution in [3.63, 3.8) is 0 Å². The number of hydrogen-bond acceptors (Lipinski definition) is 5. The number of nitrogens with one attached hydrogen (secondary N) is 1. The van der Waals surface area contributed by atoms with E-state index in [0.29, 0.717) is 43.2 Å². The number of aryl methyl sites for hydroxylation is 1. The van der Waals surface area contributed by atoms with E-state index >= 15 is 0 Å². The van der Waals surface area contributed by atoms with Crippen molar-refractivity contribution in [1.82, 2.24) is 14.5 Å². The molecule has 1 amide bonds. The number of nitrogens with zero attached hydrogens (tertiary/aromatic N) is 2. The van der Waals surface area contributed by atoms with Gasteiger partial charge >= 0.3 is 0 Å². The van der Waals surface area contributed by atoms with Crippen molar-refractivity contribution in [2.45, 2.75) is 24.1 Å². The van der Waals surface area contributed by atoms with E-state index in [1.165, 1.54) is 0 Å². The summed E-state index contributed by atoms with van der Waals surface area (Å²) in [5, 5.41) is 3.74. The highest BCUT2D eigenvalue weighted by atomic mass is 35.5. The number of halogens is 1. The molecule has 0 atom stereocenters. The zero-order valence-corrected chi connectivity index (χ0v) is 23.3. The summed E-state index contributed by atoms with van der Waals surface area (Å²) < 4.78 is 27.4. The van der Waals surface area contributed by atoms with Crippen LogP contribution in [0.25, 0.3) is 0 Å². The molecule has 0 spiro atoms. The number of carbonyl (C=O) groups is 1. The van der Waals surface area contributed by atoms with Crippen molar-refractivity contribution in [1.29, 1.82) is 0 Å². The second-order valence-corrected chi connectivity index (χ2v) is 12.5. The van der Waals surface area contributed by atoms with Gasteiger partial charge in [-0.2, -0.15) is 16.1 Å². The van der Waals surface area contributed by atoms with Gasteiger partial charge in [0.1, 0.15) is 0 Å². The van der Waals surface area contributed by atoms with Crippen LogP contribution in [0.3, 0.4) is 0 Å². The van der Waals surface area contributed by atoms with Gasteiger partial charge in [-0.15, -0.1) is 0 Å². The van der Waals surface area contributed by atoms with E-state index < -0.39 is 10.0 Å². The Labute approximate surface area is 229 Å². The van der Waals surface area contributed by atoms with Crippen LogP contribution in [0.15, 0.2) is 77.7 Å². The van der Waals surface area contributed by atoms with Crippen LogP contribution >= 0.6 is 23.4 Å². The van der Waals surface area contributed by atoms with Gasteiger partial charge in [0, 0.05) is 61.4 Å². The maximum Gasteiger partial charge on any atom is 0.251 e. The van der Waals surface area contributed by atoms with Crippen molar-refractivity contribution < 1.29 is 13.2 Å². The van der Waals surface area contributed by atoms with Gasteiger partial charge < -0.3 is 5.32 Å². The number of thioether (sulfide) groups is 1. The summed E-state index contributed by atoms with van der Waals surface area (Å²) in [5.74, 6) is 1.54. The van der Waals surface area contributed by atoms with Crippen LogP contribution in [0, 0.1) is 6.92 Å². The van der Waals surface area contributed by atoms with Gasteiger partial charge in [0.15, 0.2) is 0 Å². The second-order valence-electron chi connectivity index (χ2n) is 9.09. The van der Waals surface area contributed by atoms with Crippen molar-refractivity contribution in [3.05, 3.63) is 100 Å². The SMILES string of the molecule is Cc1ccc(S(=O)(=O)N2CCN(Cc3ccc(C(=O)NCCSCc4ccccc4Cl)cc3)CC2)cc1. The molecule has 4 rings (SSSR count). The first-order valence-electron chi connectivity index (χ1n) is 12.3. The Kier molecular flexibility index (Phi) is 9.67. The third kappa shape index (κ3) is 7.58. The van der Waals surface area contributed by atoms with Crippen LogP contribution in [0.5, 0.6) is 0 Å². The monoisotopic (exact) mass is 557 g/mol. The number of piperazine rings is 1. The fourth-order valence-corrected chi connectivity index (χ4v) is 6.71. The first kappa shape index (κ1) is 27.7. The molecule has 9 heteroatoms. The summed E-state index contributed by atoms with van der Waals surface area (Å²) in [6.07, 6.45) is 0. The summed E-state index contributed by atoms with van der Waals surface area (Å²) in [5.41, 5.74) is 3.87. The molecular formula is C28H32ClN3O3S2. The first-order chi connectivity index (χ1) is 17.8. The van der Waals surface area contributed by atoms with Gasteiger partial charge in [-0.25, -0.2) is 8.42 Å². The minimum Gasteiger partial charge on any atom is -0.351 e. The van der Waals surface area contributed by atoms with Crippen LogP contribution in [0.2, 0.25) is 5.02 Å². The fourth-order valence-electron chi connectivity index (χ4n) is 4.14. The van der Waals surface area contributed by atoms with Gasteiger partial charge in [0.2, 0.25) is 10.0 Å². The van der Waals surface area contributed by atoms with Crippen LogP contribution in [0.1, 0.15) is 27.0 Å². The molecule has 3 aromatic rings. The number of rotatable bonds is 10. The van der Waals surface area contributed by atoms with Gasteiger partial charge in [0.25, 0.3) is 5.91 Å². The van der Waals surface area contributed by atoms with Crippen molar-refractivity contribution in [2.24, 2.45) is 0 Å². The summed E-state index contributed by atoms with van der Waals surface area (Å²) in [7, 11) is -3.46. The Morgan fingerprint density at radius 2 is 1.62 bits per heavy atom. The van der Waals surface area contributed by atoms with Crippen LogP contribution in [0.4, 0.5) is 0 Å². The number of benzene rings is 3.